The summed E-state index contributed by atoms with van der Waals surface area (Å²) >= 11 is 0. The third-order valence-electron chi connectivity index (χ3n) is 7.90. The maximum Gasteiger partial charge on any atom is 0.254 e. The van der Waals surface area contributed by atoms with E-state index in [4.69, 9.17) is 4.99 Å². The van der Waals surface area contributed by atoms with E-state index in [0.29, 0.717) is 0 Å². The Labute approximate surface area is 230 Å². The highest BCUT2D eigenvalue weighted by atomic mass is 28.3. The fourth-order valence-electron chi connectivity index (χ4n) is 5.74. The van der Waals surface area contributed by atoms with Gasteiger partial charge in [0.1, 0.15) is 8.07 Å². The zero-order valence-corrected chi connectivity index (χ0v) is 25.5. The Hall–Kier alpha value is -3.18. The monoisotopic (exact) mass is 525 g/mol. The first kappa shape index (κ1) is 27.8. The SMILES string of the molecule is CCCCN(C)C(=O)c1ccccc1C1=C2C=C(C)C(=NCC)C=C2[Si](C)(C)c2cc(NCC)c(C)cc21. The number of benzene rings is 2. The molecule has 0 radical (unpaired) electrons. The van der Waals surface area contributed by atoms with E-state index < -0.39 is 8.07 Å². The van der Waals surface area contributed by atoms with Gasteiger partial charge in [-0.25, -0.2) is 0 Å². The van der Waals surface area contributed by atoms with Crippen molar-refractivity contribution in [3.05, 3.63) is 87.1 Å². The quantitative estimate of drug-likeness (QED) is 0.380. The van der Waals surface area contributed by atoms with Crippen molar-refractivity contribution < 1.29 is 4.79 Å². The molecule has 1 N–H and O–H groups in total. The highest BCUT2D eigenvalue weighted by Crippen LogP contribution is 2.44. The van der Waals surface area contributed by atoms with Crippen LogP contribution in [0.3, 0.4) is 0 Å². The number of anilines is 1. The van der Waals surface area contributed by atoms with Crippen LogP contribution >= 0.6 is 0 Å². The van der Waals surface area contributed by atoms with Crippen LogP contribution in [-0.2, 0) is 0 Å². The molecule has 2 aliphatic rings. The Balaban J connectivity index is 2.06. The smallest absolute Gasteiger partial charge is 0.254 e. The summed E-state index contributed by atoms with van der Waals surface area (Å²) in [5, 5.41) is 6.39. The van der Waals surface area contributed by atoms with Crippen LogP contribution in [0.4, 0.5) is 5.69 Å². The lowest BCUT2D eigenvalue weighted by atomic mass is 9.85. The summed E-state index contributed by atoms with van der Waals surface area (Å²) in [5.41, 5.74) is 10.2. The zero-order chi connectivity index (χ0) is 27.6. The second-order valence-electron chi connectivity index (χ2n) is 11.0. The summed E-state index contributed by atoms with van der Waals surface area (Å²) in [6.45, 7) is 18.1. The molecule has 0 saturated heterocycles. The highest BCUT2D eigenvalue weighted by molar-refractivity contribution is 6.98. The first-order valence-electron chi connectivity index (χ1n) is 14.1. The van der Waals surface area contributed by atoms with Gasteiger partial charge in [-0.05, 0) is 108 Å². The van der Waals surface area contributed by atoms with Crippen LogP contribution < -0.4 is 10.5 Å². The molecule has 1 aliphatic carbocycles. The molecule has 0 unspecified atom stereocenters. The lowest BCUT2D eigenvalue weighted by Crippen LogP contribution is -2.50. The Morgan fingerprint density at radius 3 is 2.45 bits per heavy atom. The number of unbranched alkanes of at least 4 members (excludes halogenated alkanes) is 1. The minimum Gasteiger partial charge on any atom is -0.385 e. The van der Waals surface area contributed by atoms with E-state index in [1.165, 1.54) is 43.9 Å². The summed E-state index contributed by atoms with van der Waals surface area (Å²) in [5.74, 6) is 0.0852. The maximum atomic E-state index is 13.8. The van der Waals surface area contributed by atoms with Gasteiger partial charge in [0.15, 0.2) is 0 Å². The fraction of sp³-hybridized carbons (Fsp3) is 0.394. The van der Waals surface area contributed by atoms with Crippen molar-refractivity contribution in [3.8, 4) is 0 Å². The van der Waals surface area contributed by atoms with Gasteiger partial charge < -0.3 is 10.2 Å². The van der Waals surface area contributed by atoms with Gasteiger partial charge in [-0.3, -0.25) is 9.79 Å². The van der Waals surface area contributed by atoms with Crippen LogP contribution in [0, 0.1) is 6.92 Å². The topological polar surface area (TPSA) is 44.7 Å². The summed E-state index contributed by atoms with van der Waals surface area (Å²) < 4.78 is 0. The molecule has 0 atom stereocenters. The van der Waals surface area contributed by atoms with Gasteiger partial charge in [-0.1, -0.05) is 44.6 Å². The third kappa shape index (κ3) is 4.96. The number of amides is 1. The number of carbonyl (C=O) groups excluding carboxylic acids is 1. The largest absolute Gasteiger partial charge is 0.385 e. The maximum absolute atomic E-state index is 13.8. The van der Waals surface area contributed by atoms with Crippen LogP contribution in [0.1, 0.15) is 67.6 Å². The summed E-state index contributed by atoms with van der Waals surface area (Å²) in [6, 6.07) is 12.9. The van der Waals surface area contributed by atoms with E-state index in [2.05, 4.69) is 89.4 Å². The number of rotatable bonds is 8. The molecular formula is C33H43N3OSi. The van der Waals surface area contributed by atoms with Gasteiger partial charge in [-0.2, -0.15) is 0 Å². The molecule has 0 aromatic heterocycles. The van der Waals surface area contributed by atoms with Crippen LogP contribution in [0.25, 0.3) is 5.57 Å². The fourth-order valence-corrected chi connectivity index (χ4v) is 8.78. The zero-order valence-electron chi connectivity index (χ0n) is 24.5. The Bertz CT molecular complexity index is 1380. The molecule has 4 rings (SSSR count). The van der Waals surface area contributed by atoms with Crippen molar-refractivity contribution in [2.24, 2.45) is 4.99 Å². The van der Waals surface area contributed by atoms with E-state index in [-0.39, 0.29) is 5.91 Å². The Kier molecular flexibility index (Phi) is 8.27. The van der Waals surface area contributed by atoms with E-state index >= 15 is 0 Å². The van der Waals surface area contributed by atoms with Crippen molar-refractivity contribution in [2.45, 2.75) is 60.6 Å². The van der Waals surface area contributed by atoms with Crippen molar-refractivity contribution >= 4 is 36.1 Å². The molecule has 0 spiro atoms. The lowest BCUT2D eigenvalue weighted by molar-refractivity contribution is 0.0793. The minimum absolute atomic E-state index is 0.0852. The molecule has 0 saturated carbocycles. The van der Waals surface area contributed by atoms with Gasteiger partial charge in [-0.15, -0.1) is 0 Å². The van der Waals surface area contributed by atoms with Crippen molar-refractivity contribution in [1.29, 1.82) is 0 Å². The lowest BCUT2D eigenvalue weighted by Gasteiger charge is -2.39. The summed E-state index contributed by atoms with van der Waals surface area (Å²) in [7, 11) is -0.149. The standard InChI is InChI=1S/C33H43N3OSi/c1-9-12-17-36(6)33(37)25-16-14-13-15-24(25)32-26-18-22(4)28(34-10-2)20-30(26)38(7,8)31-21-29(35-11-3)23(5)19-27(31)32/h13-16,18-21,34H,9-12,17H2,1-8H3. The molecule has 1 aliphatic heterocycles. The molecule has 2 aromatic rings. The molecular weight excluding hydrogens is 482 g/mol. The van der Waals surface area contributed by atoms with Crippen LogP contribution in [0.2, 0.25) is 13.1 Å². The van der Waals surface area contributed by atoms with Gasteiger partial charge in [0.2, 0.25) is 0 Å². The van der Waals surface area contributed by atoms with Crippen LogP contribution in [-0.4, -0.2) is 51.3 Å². The minimum atomic E-state index is -2.07. The molecule has 0 bridgehead atoms. The first-order chi connectivity index (χ1) is 18.1. The average molecular weight is 526 g/mol. The number of hydrogen-bond acceptors (Lipinski definition) is 3. The van der Waals surface area contributed by atoms with Crippen LogP contribution in [0.15, 0.2) is 69.9 Å². The molecule has 38 heavy (non-hydrogen) atoms. The van der Waals surface area contributed by atoms with Gasteiger partial charge in [0.05, 0.1) is 5.71 Å². The number of allylic oxidation sites excluding steroid dienone is 5. The number of hydrogen-bond donors (Lipinski definition) is 1. The highest BCUT2D eigenvalue weighted by Gasteiger charge is 2.41. The predicted octanol–water partition coefficient (Wildman–Crippen LogP) is 6.92. The molecule has 0 fully saturated rings. The number of nitrogens with zero attached hydrogens (tertiary/aromatic N) is 2. The number of fused-ring (bicyclic) bond motifs is 2. The molecule has 2 aromatic carbocycles. The normalized spacial score (nSPS) is 17.0. The molecule has 1 heterocycles. The molecule has 4 nitrogen and oxygen atoms in total. The number of carbonyl (C=O) groups is 1. The summed E-state index contributed by atoms with van der Waals surface area (Å²) in [6.07, 6.45) is 6.73. The van der Waals surface area contributed by atoms with Crippen LogP contribution in [0.5, 0.6) is 0 Å². The van der Waals surface area contributed by atoms with Crippen molar-refractivity contribution in [2.75, 3.05) is 32.0 Å². The number of aliphatic imine (C=N–C) groups is 1. The Morgan fingerprint density at radius 2 is 1.76 bits per heavy atom. The predicted molar refractivity (Wildman–Crippen MR) is 167 cm³/mol. The van der Waals surface area contributed by atoms with Gasteiger partial charge >= 0.3 is 0 Å². The van der Waals surface area contributed by atoms with Crippen molar-refractivity contribution in [1.82, 2.24) is 4.90 Å². The first-order valence-corrected chi connectivity index (χ1v) is 17.1. The van der Waals surface area contributed by atoms with Gasteiger partial charge in [0.25, 0.3) is 5.91 Å². The van der Waals surface area contributed by atoms with E-state index in [9.17, 15) is 4.79 Å². The second-order valence-corrected chi connectivity index (χ2v) is 15.4. The van der Waals surface area contributed by atoms with Gasteiger partial charge in [0, 0.05) is 37.9 Å². The van der Waals surface area contributed by atoms with Crippen molar-refractivity contribution in [3.63, 3.8) is 0 Å². The average Bonchev–Trinajstić information content (AvgIpc) is 2.89. The second kappa shape index (κ2) is 11.3. The number of aryl methyl sites for hydroxylation is 1. The molecule has 200 valence electrons. The third-order valence-corrected chi connectivity index (χ3v) is 11.4. The summed E-state index contributed by atoms with van der Waals surface area (Å²) in [4.78, 5) is 20.5. The Morgan fingerprint density at radius 1 is 1.03 bits per heavy atom. The van der Waals surface area contributed by atoms with E-state index in [1.807, 2.05) is 24.1 Å². The molecule has 5 heteroatoms. The number of nitrogens with one attached hydrogen (secondary N) is 1. The van der Waals surface area contributed by atoms with E-state index in [1.54, 1.807) is 0 Å². The van der Waals surface area contributed by atoms with E-state index in [0.717, 1.165) is 49.3 Å². The molecule has 1 amide bonds.